The fourth-order valence-electron chi connectivity index (χ4n) is 2.29. The van der Waals surface area contributed by atoms with Gasteiger partial charge in [0.05, 0.1) is 0 Å². The molecule has 14 heavy (non-hydrogen) atoms. The third-order valence-corrected chi connectivity index (χ3v) is 3.54. The van der Waals surface area contributed by atoms with Crippen molar-refractivity contribution in [3.63, 3.8) is 0 Å². The van der Waals surface area contributed by atoms with Gasteiger partial charge in [-0.25, -0.2) is 0 Å². The summed E-state index contributed by atoms with van der Waals surface area (Å²) in [7, 11) is 0. The van der Waals surface area contributed by atoms with Gasteiger partial charge < -0.3 is 5.32 Å². The summed E-state index contributed by atoms with van der Waals surface area (Å²) in [6.07, 6.45) is 8.53. The van der Waals surface area contributed by atoms with Crippen molar-refractivity contribution >= 4 is 0 Å². The van der Waals surface area contributed by atoms with Gasteiger partial charge in [-0.05, 0) is 45.7 Å². The number of nitrogens with zero attached hydrogens (tertiary/aromatic N) is 1. The molecule has 82 valence electrons. The molecule has 1 N–H and O–H groups in total. The van der Waals surface area contributed by atoms with E-state index in [1.807, 2.05) is 0 Å². The largest absolute Gasteiger partial charge is 0.312 e. The molecular weight excluding hydrogens is 172 g/mol. The first-order valence-corrected chi connectivity index (χ1v) is 6.33. The maximum atomic E-state index is 3.63. The molecule has 2 aliphatic rings. The van der Waals surface area contributed by atoms with Gasteiger partial charge in [-0.3, -0.25) is 4.90 Å². The van der Waals surface area contributed by atoms with Crippen molar-refractivity contribution in [3.05, 3.63) is 0 Å². The lowest BCUT2D eigenvalue weighted by molar-refractivity contribution is 0.212. The van der Waals surface area contributed by atoms with E-state index in [2.05, 4.69) is 17.1 Å². The Labute approximate surface area is 88.1 Å². The maximum absolute atomic E-state index is 3.63. The smallest absolute Gasteiger partial charge is 0.0192 e. The average Bonchev–Trinajstić information content (AvgIpc) is 3.01. The van der Waals surface area contributed by atoms with Crippen molar-refractivity contribution in [2.24, 2.45) is 0 Å². The van der Waals surface area contributed by atoms with Gasteiger partial charge in [0.1, 0.15) is 0 Å². The van der Waals surface area contributed by atoms with E-state index in [0.717, 1.165) is 12.1 Å². The lowest BCUT2D eigenvalue weighted by atomic mass is 10.2. The van der Waals surface area contributed by atoms with Crippen LogP contribution >= 0.6 is 0 Å². The second-order valence-electron chi connectivity index (χ2n) is 4.98. The van der Waals surface area contributed by atoms with Crippen LogP contribution in [0, 0.1) is 0 Å². The highest BCUT2D eigenvalue weighted by Gasteiger charge is 2.22. The van der Waals surface area contributed by atoms with E-state index >= 15 is 0 Å². The van der Waals surface area contributed by atoms with Gasteiger partial charge in [0.15, 0.2) is 0 Å². The maximum Gasteiger partial charge on any atom is 0.0192 e. The van der Waals surface area contributed by atoms with Crippen LogP contribution in [0.1, 0.15) is 45.4 Å². The molecule has 0 bridgehead atoms. The molecule has 1 unspecified atom stereocenters. The quantitative estimate of drug-likeness (QED) is 0.740. The first-order chi connectivity index (χ1) is 6.86. The Bertz CT molecular complexity index is 158. The Balaban J connectivity index is 1.67. The molecule has 1 aliphatic carbocycles. The molecule has 1 heterocycles. The molecule has 0 aromatic heterocycles. The van der Waals surface area contributed by atoms with Crippen molar-refractivity contribution in [3.8, 4) is 0 Å². The number of likely N-dealkylation sites (tertiary alicyclic amines) is 1. The molecule has 1 aliphatic heterocycles. The first kappa shape index (κ1) is 10.4. The monoisotopic (exact) mass is 196 g/mol. The molecule has 2 nitrogen and oxygen atoms in total. The van der Waals surface area contributed by atoms with E-state index in [-0.39, 0.29) is 0 Å². The minimum absolute atomic E-state index is 0.744. The lowest BCUT2D eigenvalue weighted by Crippen LogP contribution is -2.41. The second-order valence-corrected chi connectivity index (χ2v) is 4.98. The Hall–Kier alpha value is -0.0800. The molecule has 0 radical (unpaired) electrons. The summed E-state index contributed by atoms with van der Waals surface area (Å²) >= 11 is 0. The molecule has 1 atom stereocenters. The predicted octanol–water partition coefficient (Wildman–Crippen LogP) is 2.00. The van der Waals surface area contributed by atoms with E-state index in [1.165, 1.54) is 58.2 Å². The fraction of sp³-hybridized carbons (Fsp3) is 1.00. The van der Waals surface area contributed by atoms with Crippen LogP contribution in [0.3, 0.4) is 0 Å². The molecule has 2 heteroatoms. The second kappa shape index (κ2) is 5.13. The summed E-state index contributed by atoms with van der Waals surface area (Å²) in [5.74, 6) is 0. The Morgan fingerprint density at radius 3 is 2.36 bits per heavy atom. The number of rotatable bonds is 4. The van der Waals surface area contributed by atoms with Crippen LogP contribution in [-0.2, 0) is 0 Å². The summed E-state index contributed by atoms with van der Waals surface area (Å²) in [5.41, 5.74) is 0. The van der Waals surface area contributed by atoms with E-state index in [9.17, 15) is 0 Å². The topological polar surface area (TPSA) is 15.3 Å². The summed E-state index contributed by atoms with van der Waals surface area (Å²) in [5, 5.41) is 3.63. The van der Waals surface area contributed by atoms with Crippen molar-refractivity contribution in [2.45, 2.75) is 57.5 Å². The summed E-state index contributed by atoms with van der Waals surface area (Å²) in [4.78, 5) is 2.67. The highest BCUT2D eigenvalue weighted by Crippen LogP contribution is 2.19. The molecule has 0 spiro atoms. The van der Waals surface area contributed by atoms with Crippen molar-refractivity contribution in [2.75, 3.05) is 19.6 Å². The molecule has 0 aromatic rings. The fourth-order valence-corrected chi connectivity index (χ4v) is 2.29. The van der Waals surface area contributed by atoms with Crippen molar-refractivity contribution in [1.29, 1.82) is 0 Å². The molecule has 1 saturated heterocycles. The van der Waals surface area contributed by atoms with Gasteiger partial charge in [0.25, 0.3) is 0 Å². The minimum atomic E-state index is 0.744. The lowest BCUT2D eigenvalue weighted by Gasteiger charge is -2.27. The highest BCUT2D eigenvalue weighted by molar-refractivity contribution is 4.83. The van der Waals surface area contributed by atoms with Gasteiger partial charge in [-0.2, -0.15) is 0 Å². The number of hydrogen-bond acceptors (Lipinski definition) is 2. The van der Waals surface area contributed by atoms with Crippen LogP contribution in [0.4, 0.5) is 0 Å². The summed E-state index contributed by atoms with van der Waals surface area (Å²) < 4.78 is 0. The molecule has 0 amide bonds. The van der Waals surface area contributed by atoms with Crippen LogP contribution in [0.15, 0.2) is 0 Å². The van der Waals surface area contributed by atoms with E-state index < -0.39 is 0 Å². The summed E-state index contributed by atoms with van der Waals surface area (Å²) in [6.45, 7) is 6.23. The van der Waals surface area contributed by atoms with Gasteiger partial charge in [0, 0.05) is 18.6 Å². The van der Waals surface area contributed by atoms with Crippen molar-refractivity contribution in [1.82, 2.24) is 10.2 Å². The Morgan fingerprint density at radius 2 is 1.79 bits per heavy atom. The Morgan fingerprint density at radius 1 is 1.14 bits per heavy atom. The van der Waals surface area contributed by atoms with Gasteiger partial charge in [0.2, 0.25) is 0 Å². The minimum Gasteiger partial charge on any atom is -0.312 e. The molecule has 2 rings (SSSR count). The standard InChI is InChI=1S/C12H24N2/c1-11(10-13-12-6-7-12)14-8-4-2-3-5-9-14/h11-13H,2-10H2,1H3. The van der Waals surface area contributed by atoms with Crippen LogP contribution < -0.4 is 5.32 Å². The average molecular weight is 196 g/mol. The van der Waals surface area contributed by atoms with Crippen LogP contribution in [-0.4, -0.2) is 36.6 Å². The zero-order chi connectivity index (χ0) is 9.80. The summed E-state index contributed by atoms with van der Waals surface area (Å²) in [6, 6.07) is 1.61. The molecule has 1 saturated carbocycles. The predicted molar refractivity (Wildman–Crippen MR) is 60.5 cm³/mol. The van der Waals surface area contributed by atoms with Crippen LogP contribution in [0.2, 0.25) is 0 Å². The van der Waals surface area contributed by atoms with Gasteiger partial charge >= 0.3 is 0 Å². The molecule has 0 aromatic carbocycles. The molecular formula is C12H24N2. The number of hydrogen-bond donors (Lipinski definition) is 1. The Kier molecular flexibility index (Phi) is 3.82. The van der Waals surface area contributed by atoms with E-state index in [1.54, 1.807) is 0 Å². The third kappa shape index (κ3) is 3.25. The van der Waals surface area contributed by atoms with Gasteiger partial charge in [-0.1, -0.05) is 12.8 Å². The SMILES string of the molecule is CC(CNC1CC1)N1CCCCCC1. The van der Waals surface area contributed by atoms with Crippen molar-refractivity contribution < 1.29 is 0 Å². The normalized spacial score (nSPS) is 27.2. The van der Waals surface area contributed by atoms with Crippen LogP contribution in [0.5, 0.6) is 0 Å². The zero-order valence-electron chi connectivity index (χ0n) is 9.47. The molecule has 2 fully saturated rings. The zero-order valence-corrected chi connectivity index (χ0v) is 9.47. The highest BCUT2D eigenvalue weighted by atomic mass is 15.2. The third-order valence-electron chi connectivity index (χ3n) is 3.54. The number of nitrogens with one attached hydrogen (secondary N) is 1. The van der Waals surface area contributed by atoms with E-state index in [4.69, 9.17) is 0 Å². The van der Waals surface area contributed by atoms with E-state index in [0.29, 0.717) is 0 Å². The first-order valence-electron chi connectivity index (χ1n) is 6.33. The van der Waals surface area contributed by atoms with Crippen LogP contribution in [0.25, 0.3) is 0 Å². The van der Waals surface area contributed by atoms with Gasteiger partial charge in [-0.15, -0.1) is 0 Å².